The monoisotopic (exact) mass is 378 g/mol. The van der Waals surface area contributed by atoms with Crippen LogP contribution in [-0.2, 0) is 14.3 Å². The fourth-order valence-electron chi connectivity index (χ4n) is 1.92. The summed E-state index contributed by atoms with van der Waals surface area (Å²) in [7, 11) is 0. The van der Waals surface area contributed by atoms with E-state index in [9.17, 15) is 24.1 Å². The summed E-state index contributed by atoms with van der Waals surface area (Å²) in [5.41, 5.74) is -0.111. The largest absolute Gasteiger partial charge is 0.452 e. The van der Waals surface area contributed by atoms with Crippen molar-refractivity contribution in [3.8, 4) is 0 Å². The predicted octanol–water partition coefficient (Wildman–Crippen LogP) is 3.58. The molecule has 0 aromatic heterocycles. The van der Waals surface area contributed by atoms with Crippen molar-refractivity contribution in [2.45, 2.75) is 0 Å². The molecule has 0 fully saturated rings. The van der Waals surface area contributed by atoms with E-state index in [0.717, 1.165) is 12.1 Å². The SMILES string of the molecule is O=C(COC(=O)/C=C/c1ccccc1[N+](=O)[O-])Nc1cc(Cl)ccc1F. The number of nitrogens with zero attached hydrogens (tertiary/aromatic N) is 1. The summed E-state index contributed by atoms with van der Waals surface area (Å²) in [6.45, 7) is -0.661. The van der Waals surface area contributed by atoms with E-state index in [0.29, 0.717) is 0 Å². The highest BCUT2D eigenvalue weighted by Crippen LogP contribution is 2.20. The Kier molecular flexibility index (Phi) is 6.40. The Hall–Kier alpha value is -3.26. The molecule has 1 N–H and O–H groups in total. The molecule has 9 heteroatoms. The first-order valence-corrected chi connectivity index (χ1v) is 7.58. The summed E-state index contributed by atoms with van der Waals surface area (Å²) in [6, 6.07) is 9.43. The number of amides is 1. The highest BCUT2D eigenvalue weighted by atomic mass is 35.5. The van der Waals surface area contributed by atoms with Crippen molar-refractivity contribution in [2.75, 3.05) is 11.9 Å². The van der Waals surface area contributed by atoms with Gasteiger partial charge in [-0.1, -0.05) is 23.7 Å². The van der Waals surface area contributed by atoms with Gasteiger partial charge in [-0.15, -0.1) is 0 Å². The van der Waals surface area contributed by atoms with Crippen LogP contribution in [0, 0.1) is 15.9 Å². The highest BCUT2D eigenvalue weighted by Gasteiger charge is 2.12. The molecule has 0 bridgehead atoms. The van der Waals surface area contributed by atoms with Crippen LogP contribution in [0.3, 0.4) is 0 Å². The Balaban J connectivity index is 1.91. The van der Waals surface area contributed by atoms with Gasteiger partial charge in [-0.3, -0.25) is 14.9 Å². The van der Waals surface area contributed by atoms with Crippen LogP contribution in [0.5, 0.6) is 0 Å². The Morgan fingerprint density at radius 3 is 2.73 bits per heavy atom. The number of rotatable bonds is 6. The minimum absolute atomic E-state index is 0.144. The van der Waals surface area contributed by atoms with E-state index >= 15 is 0 Å². The number of nitro benzene ring substituents is 1. The predicted molar refractivity (Wildman–Crippen MR) is 93.1 cm³/mol. The molecule has 0 heterocycles. The zero-order valence-electron chi connectivity index (χ0n) is 13.1. The summed E-state index contributed by atoms with van der Waals surface area (Å²) in [4.78, 5) is 33.6. The second-order valence-corrected chi connectivity index (χ2v) is 5.37. The van der Waals surface area contributed by atoms with Crippen LogP contribution < -0.4 is 5.32 Å². The van der Waals surface area contributed by atoms with E-state index in [4.69, 9.17) is 16.3 Å². The van der Waals surface area contributed by atoms with Gasteiger partial charge in [0.25, 0.3) is 11.6 Å². The van der Waals surface area contributed by atoms with Gasteiger partial charge in [0.1, 0.15) is 5.82 Å². The fraction of sp³-hybridized carbons (Fsp3) is 0.0588. The first-order chi connectivity index (χ1) is 12.4. The number of benzene rings is 2. The maximum absolute atomic E-state index is 13.5. The molecular weight excluding hydrogens is 367 g/mol. The van der Waals surface area contributed by atoms with Crippen molar-refractivity contribution < 1.29 is 23.6 Å². The van der Waals surface area contributed by atoms with Crippen LogP contribution in [0.1, 0.15) is 5.56 Å². The van der Waals surface area contributed by atoms with Gasteiger partial charge in [0.05, 0.1) is 16.2 Å². The first-order valence-electron chi connectivity index (χ1n) is 7.20. The van der Waals surface area contributed by atoms with Crippen LogP contribution >= 0.6 is 11.6 Å². The number of esters is 1. The average molecular weight is 379 g/mol. The van der Waals surface area contributed by atoms with Gasteiger partial charge in [0.2, 0.25) is 0 Å². The fourth-order valence-corrected chi connectivity index (χ4v) is 2.09. The molecule has 0 saturated heterocycles. The van der Waals surface area contributed by atoms with Gasteiger partial charge in [-0.05, 0) is 30.3 Å². The third kappa shape index (κ3) is 5.38. The number of halogens is 2. The summed E-state index contributed by atoms with van der Waals surface area (Å²) in [5.74, 6) is -2.34. The van der Waals surface area contributed by atoms with Gasteiger partial charge < -0.3 is 10.1 Å². The molecule has 0 aliphatic carbocycles. The van der Waals surface area contributed by atoms with E-state index in [1.54, 1.807) is 6.07 Å². The van der Waals surface area contributed by atoms with Crippen molar-refractivity contribution in [2.24, 2.45) is 0 Å². The lowest BCUT2D eigenvalue weighted by molar-refractivity contribution is -0.385. The molecule has 0 radical (unpaired) electrons. The lowest BCUT2D eigenvalue weighted by Crippen LogP contribution is -2.20. The topological polar surface area (TPSA) is 98.5 Å². The molecule has 1 amide bonds. The Morgan fingerprint density at radius 1 is 1.27 bits per heavy atom. The van der Waals surface area contributed by atoms with E-state index in [1.807, 2.05) is 0 Å². The van der Waals surface area contributed by atoms with Gasteiger partial charge >= 0.3 is 5.97 Å². The van der Waals surface area contributed by atoms with E-state index < -0.39 is 29.2 Å². The third-order valence-corrected chi connectivity index (χ3v) is 3.32. The molecule has 0 atom stereocenters. The zero-order valence-corrected chi connectivity index (χ0v) is 13.9. The number of hydrogen-bond acceptors (Lipinski definition) is 5. The van der Waals surface area contributed by atoms with Crippen molar-refractivity contribution in [1.29, 1.82) is 0 Å². The number of nitro groups is 1. The Labute approximate surface area is 152 Å². The van der Waals surface area contributed by atoms with Gasteiger partial charge in [-0.25, -0.2) is 9.18 Å². The third-order valence-electron chi connectivity index (χ3n) is 3.08. The van der Waals surface area contributed by atoms with Gasteiger partial charge in [-0.2, -0.15) is 0 Å². The lowest BCUT2D eigenvalue weighted by Gasteiger charge is -2.06. The maximum Gasteiger partial charge on any atom is 0.331 e. The molecule has 0 saturated carbocycles. The van der Waals surface area contributed by atoms with Crippen molar-refractivity contribution in [1.82, 2.24) is 0 Å². The first kappa shape index (κ1) is 19.1. The van der Waals surface area contributed by atoms with Crippen LogP contribution in [0.15, 0.2) is 48.5 Å². The summed E-state index contributed by atoms with van der Waals surface area (Å²) in [6.07, 6.45) is 2.16. The number of carbonyl (C=O) groups excluding carboxylic acids is 2. The zero-order chi connectivity index (χ0) is 19.1. The van der Waals surface area contributed by atoms with Crippen LogP contribution in [-0.4, -0.2) is 23.4 Å². The van der Waals surface area contributed by atoms with Gasteiger partial charge in [0, 0.05) is 17.2 Å². The van der Waals surface area contributed by atoms with Crippen molar-refractivity contribution in [3.63, 3.8) is 0 Å². The highest BCUT2D eigenvalue weighted by molar-refractivity contribution is 6.30. The maximum atomic E-state index is 13.5. The number of ether oxygens (including phenoxy) is 1. The summed E-state index contributed by atoms with van der Waals surface area (Å²) < 4.78 is 18.2. The second kappa shape index (κ2) is 8.72. The number of nitrogens with one attached hydrogen (secondary N) is 1. The smallest absolute Gasteiger partial charge is 0.331 e. The Morgan fingerprint density at radius 2 is 2.00 bits per heavy atom. The van der Waals surface area contributed by atoms with E-state index in [1.165, 1.54) is 36.4 Å². The van der Waals surface area contributed by atoms with Crippen LogP contribution in [0.2, 0.25) is 5.02 Å². The summed E-state index contributed by atoms with van der Waals surface area (Å²) in [5, 5.41) is 13.3. The average Bonchev–Trinajstić information content (AvgIpc) is 2.61. The molecule has 26 heavy (non-hydrogen) atoms. The molecule has 134 valence electrons. The molecule has 2 rings (SSSR count). The van der Waals surface area contributed by atoms with Crippen LogP contribution in [0.25, 0.3) is 6.08 Å². The molecule has 0 aliphatic heterocycles. The standard InChI is InChI=1S/C17H12ClFN2O5/c18-12-6-7-13(19)14(9-12)20-16(22)10-26-17(23)8-5-11-3-1-2-4-15(11)21(24)25/h1-9H,10H2,(H,20,22)/b8-5+. The molecule has 2 aromatic rings. The normalized spacial score (nSPS) is 10.5. The quantitative estimate of drug-likeness (QED) is 0.358. The molecule has 0 spiro atoms. The number of para-hydroxylation sites is 1. The van der Waals surface area contributed by atoms with Crippen molar-refractivity contribution in [3.05, 3.63) is 75.1 Å². The van der Waals surface area contributed by atoms with E-state index in [-0.39, 0.29) is 22.0 Å². The molecule has 0 unspecified atom stereocenters. The minimum Gasteiger partial charge on any atom is -0.452 e. The summed E-state index contributed by atoms with van der Waals surface area (Å²) >= 11 is 5.70. The van der Waals surface area contributed by atoms with Crippen LogP contribution in [0.4, 0.5) is 15.8 Å². The number of anilines is 1. The van der Waals surface area contributed by atoms with Gasteiger partial charge in [0.15, 0.2) is 6.61 Å². The molecule has 7 nitrogen and oxygen atoms in total. The Bertz CT molecular complexity index is 885. The van der Waals surface area contributed by atoms with E-state index in [2.05, 4.69) is 5.32 Å². The molecule has 0 aliphatic rings. The second-order valence-electron chi connectivity index (χ2n) is 4.93. The number of carbonyl (C=O) groups is 2. The number of hydrogen-bond donors (Lipinski definition) is 1. The molecular formula is C17H12ClFN2O5. The minimum atomic E-state index is -0.884. The molecule has 2 aromatic carbocycles. The van der Waals surface area contributed by atoms with Crippen molar-refractivity contribution >= 4 is 40.9 Å². The lowest BCUT2D eigenvalue weighted by atomic mass is 10.1.